The predicted octanol–water partition coefficient (Wildman–Crippen LogP) is 4.10. The van der Waals surface area contributed by atoms with Gasteiger partial charge in [-0.2, -0.15) is 0 Å². The first-order valence-electron chi connectivity index (χ1n) is 10.2. The monoisotopic (exact) mass is 386 g/mol. The summed E-state index contributed by atoms with van der Waals surface area (Å²) >= 11 is 0. The molecule has 1 aromatic heterocycles. The maximum atomic E-state index is 13.0. The quantitative estimate of drug-likeness (QED) is 0.721. The molecule has 1 N–H and O–H groups in total. The van der Waals surface area contributed by atoms with Gasteiger partial charge in [-0.25, -0.2) is 0 Å². The van der Waals surface area contributed by atoms with Crippen LogP contribution in [-0.2, 0) is 5.54 Å². The van der Waals surface area contributed by atoms with Crippen LogP contribution in [0.3, 0.4) is 0 Å². The standard InChI is InChI=1S/C24H26N4O/c1-26(2)19-11-9-18(10-12-19)23(29)27-16-13-24(14-17-27)22-8-5-15-28(22)21-7-4-3-6-20(21)25-24/h3-12,15,25H,13-14,16-17H2,1-2H3. The fourth-order valence-electron chi connectivity index (χ4n) is 4.65. The lowest BCUT2D eigenvalue weighted by molar-refractivity contribution is 0.0676. The minimum atomic E-state index is -0.122. The highest BCUT2D eigenvalue weighted by Gasteiger charge is 2.42. The lowest BCUT2D eigenvalue weighted by Crippen LogP contribution is -2.51. The molecule has 1 amide bonds. The maximum absolute atomic E-state index is 13.0. The number of amides is 1. The number of nitrogens with one attached hydrogen (secondary N) is 1. The van der Waals surface area contributed by atoms with E-state index in [4.69, 9.17) is 0 Å². The van der Waals surface area contributed by atoms with Crippen LogP contribution in [0.25, 0.3) is 5.69 Å². The van der Waals surface area contributed by atoms with E-state index in [1.165, 1.54) is 11.4 Å². The molecule has 0 bridgehead atoms. The van der Waals surface area contributed by atoms with E-state index in [1.807, 2.05) is 48.2 Å². The van der Waals surface area contributed by atoms with Crippen LogP contribution in [0.2, 0.25) is 0 Å². The SMILES string of the molecule is CN(C)c1ccc(C(=O)N2CCC3(CC2)Nc2ccccc2-n2cccc23)cc1. The molecule has 1 fully saturated rings. The number of carbonyl (C=O) groups is 1. The van der Waals surface area contributed by atoms with Crippen molar-refractivity contribution in [2.24, 2.45) is 0 Å². The van der Waals surface area contributed by atoms with Gasteiger partial charge in [0.05, 0.1) is 16.9 Å². The number of hydrogen-bond acceptors (Lipinski definition) is 3. The van der Waals surface area contributed by atoms with Crippen LogP contribution in [0.1, 0.15) is 28.9 Å². The molecule has 0 radical (unpaired) electrons. The first-order chi connectivity index (χ1) is 14.1. The Labute approximate surface area is 171 Å². The molecular formula is C24H26N4O. The van der Waals surface area contributed by atoms with Crippen LogP contribution in [0.15, 0.2) is 66.9 Å². The highest BCUT2D eigenvalue weighted by atomic mass is 16.2. The van der Waals surface area contributed by atoms with Crippen molar-refractivity contribution in [3.8, 4) is 5.69 Å². The van der Waals surface area contributed by atoms with Crippen LogP contribution in [0.5, 0.6) is 0 Å². The summed E-state index contributed by atoms with van der Waals surface area (Å²) in [6.07, 6.45) is 3.93. The summed E-state index contributed by atoms with van der Waals surface area (Å²) in [7, 11) is 4.01. The average molecular weight is 386 g/mol. The molecule has 0 unspecified atom stereocenters. The molecule has 0 atom stereocenters. The number of piperidine rings is 1. The Morgan fingerprint density at radius 3 is 2.41 bits per heavy atom. The van der Waals surface area contributed by atoms with Gasteiger partial charge < -0.3 is 19.7 Å². The van der Waals surface area contributed by atoms with Gasteiger partial charge in [-0.05, 0) is 61.4 Å². The number of nitrogens with zero attached hydrogens (tertiary/aromatic N) is 3. The van der Waals surface area contributed by atoms with E-state index < -0.39 is 0 Å². The van der Waals surface area contributed by atoms with Crippen molar-refractivity contribution >= 4 is 17.3 Å². The van der Waals surface area contributed by atoms with Crippen molar-refractivity contribution in [1.82, 2.24) is 9.47 Å². The number of fused-ring (bicyclic) bond motifs is 4. The topological polar surface area (TPSA) is 40.5 Å². The zero-order valence-corrected chi connectivity index (χ0v) is 16.9. The molecule has 5 rings (SSSR count). The van der Waals surface area contributed by atoms with E-state index in [9.17, 15) is 4.79 Å². The third-order valence-corrected chi connectivity index (χ3v) is 6.31. The Balaban J connectivity index is 1.36. The van der Waals surface area contributed by atoms with Gasteiger partial charge in [0.2, 0.25) is 0 Å². The third-order valence-electron chi connectivity index (χ3n) is 6.31. The molecule has 0 aliphatic carbocycles. The molecule has 1 spiro atoms. The third kappa shape index (κ3) is 2.89. The molecule has 2 aromatic carbocycles. The van der Waals surface area contributed by atoms with Gasteiger partial charge in [0.15, 0.2) is 0 Å². The van der Waals surface area contributed by atoms with Crippen molar-refractivity contribution in [3.63, 3.8) is 0 Å². The Morgan fingerprint density at radius 2 is 1.69 bits per heavy atom. The summed E-state index contributed by atoms with van der Waals surface area (Å²) in [5.74, 6) is 0.122. The second-order valence-corrected chi connectivity index (χ2v) is 8.22. The lowest BCUT2D eigenvalue weighted by Gasteiger charge is -2.46. The molecule has 5 nitrogen and oxygen atoms in total. The second-order valence-electron chi connectivity index (χ2n) is 8.22. The van der Waals surface area contributed by atoms with Crippen LogP contribution in [0.4, 0.5) is 11.4 Å². The van der Waals surface area contributed by atoms with Crippen molar-refractivity contribution < 1.29 is 4.79 Å². The van der Waals surface area contributed by atoms with Gasteiger partial charge in [-0.15, -0.1) is 0 Å². The smallest absolute Gasteiger partial charge is 0.253 e. The first-order valence-corrected chi connectivity index (χ1v) is 10.2. The van der Waals surface area contributed by atoms with Crippen LogP contribution < -0.4 is 10.2 Å². The Kier molecular flexibility index (Phi) is 4.12. The molecule has 5 heteroatoms. The number of rotatable bonds is 2. The van der Waals surface area contributed by atoms with E-state index in [2.05, 4.69) is 52.5 Å². The number of likely N-dealkylation sites (tertiary alicyclic amines) is 1. The number of carbonyl (C=O) groups excluding carboxylic acids is 1. The van der Waals surface area contributed by atoms with Gasteiger partial charge in [0, 0.05) is 50.3 Å². The second kappa shape index (κ2) is 6.69. The summed E-state index contributed by atoms with van der Waals surface area (Å²) in [6, 6.07) is 20.6. The van der Waals surface area contributed by atoms with Crippen LogP contribution >= 0.6 is 0 Å². The molecule has 148 valence electrons. The highest BCUT2D eigenvalue weighted by Crippen LogP contribution is 2.43. The minimum absolute atomic E-state index is 0.122. The number of para-hydroxylation sites is 2. The fourth-order valence-corrected chi connectivity index (χ4v) is 4.65. The van der Waals surface area contributed by atoms with Crippen molar-refractivity contribution in [1.29, 1.82) is 0 Å². The van der Waals surface area contributed by atoms with Crippen molar-refractivity contribution in [2.75, 3.05) is 37.4 Å². The van der Waals surface area contributed by atoms with E-state index >= 15 is 0 Å². The van der Waals surface area contributed by atoms with Gasteiger partial charge in [0.1, 0.15) is 0 Å². The molecule has 3 aromatic rings. The highest BCUT2D eigenvalue weighted by molar-refractivity contribution is 5.94. The fraction of sp³-hybridized carbons (Fsp3) is 0.292. The van der Waals surface area contributed by atoms with E-state index in [0.29, 0.717) is 0 Å². The number of hydrogen-bond donors (Lipinski definition) is 1. The Hall–Kier alpha value is -3.21. The summed E-state index contributed by atoms with van der Waals surface area (Å²) in [6.45, 7) is 1.49. The molecular weight excluding hydrogens is 360 g/mol. The van der Waals surface area contributed by atoms with Gasteiger partial charge in [-0.3, -0.25) is 4.79 Å². The molecule has 29 heavy (non-hydrogen) atoms. The average Bonchev–Trinajstić information content (AvgIpc) is 3.25. The summed E-state index contributed by atoms with van der Waals surface area (Å²) < 4.78 is 2.29. The lowest BCUT2D eigenvalue weighted by atomic mass is 9.82. The Morgan fingerprint density at radius 1 is 0.966 bits per heavy atom. The molecule has 3 heterocycles. The van der Waals surface area contributed by atoms with E-state index in [-0.39, 0.29) is 11.4 Å². The van der Waals surface area contributed by atoms with E-state index in [0.717, 1.165) is 42.9 Å². The molecule has 0 saturated carbocycles. The van der Waals surface area contributed by atoms with Crippen molar-refractivity contribution in [3.05, 3.63) is 78.1 Å². The molecule has 2 aliphatic rings. The number of anilines is 2. The molecule has 1 saturated heterocycles. The predicted molar refractivity (Wildman–Crippen MR) is 117 cm³/mol. The van der Waals surface area contributed by atoms with Gasteiger partial charge in [-0.1, -0.05) is 12.1 Å². The molecule has 2 aliphatic heterocycles. The zero-order chi connectivity index (χ0) is 20.0. The normalized spacial score (nSPS) is 16.7. The Bertz CT molecular complexity index is 1040. The first kappa shape index (κ1) is 17.9. The summed E-state index contributed by atoms with van der Waals surface area (Å²) in [5.41, 5.74) is 5.39. The van der Waals surface area contributed by atoms with Gasteiger partial charge >= 0.3 is 0 Å². The van der Waals surface area contributed by atoms with Gasteiger partial charge in [0.25, 0.3) is 5.91 Å². The minimum Gasteiger partial charge on any atom is -0.378 e. The van der Waals surface area contributed by atoms with E-state index in [1.54, 1.807) is 0 Å². The zero-order valence-electron chi connectivity index (χ0n) is 16.9. The van der Waals surface area contributed by atoms with Crippen LogP contribution in [0, 0.1) is 0 Å². The number of aromatic nitrogens is 1. The largest absolute Gasteiger partial charge is 0.378 e. The van der Waals surface area contributed by atoms with Crippen molar-refractivity contribution in [2.45, 2.75) is 18.4 Å². The maximum Gasteiger partial charge on any atom is 0.253 e. The summed E-state index contributed by atoms with van der Waals surface area (Å²) in [4.78, 5) is 17.1. The van der Waals surface area contributed by atoms with Crippen LogP contribution in [-0.4, -0.2) is 42.6 Å². The summed E-state index contributed by atoms with van der Waals surface area (Å²) in [5, 5.41) is 3.81. The number of benzene rings is 2.